The summed E-state index contributed by atoms with van der Waals surface area (Å²) in [6.07, 6.45) is 1.53. The smallest absolute Gasteiger partial charge is 0.333 e. The molecule has 3 heterocycles. The van der Waals surface area contributed by atoms with Crippen molar-refractivity contribution in [1.29, 1.82) is 0 Å². The van der Waals surface area contributed by atoms with Gasteiger partial charge < -0.3 is 19.1 Å². The highest BCUT2D eigenvalue weighted by molar-refractivity contribution is 6.27. The second kappa shape index (κ2) is 10.1. The van der Waals surface area contributed by atoms with Crippen molar-refractivity contribution in [2.45, 2.75) is 64.7 Å². The zero-order valence-electron chi connectivity index (χ0n) is 24.1. The zero-order chi connectivity index (χ0) is 30.1. The molecular formula is C30H32N2O9. The number of esters is 1. The van der Waals surface area contributed by atoms with Crippen molar-refractivity contribution in [1.82, 2.24) is 9.80 Å². The number of Topliss-reactive ketones (excluding diaryl/α,β-unsaturated/α-hetero) is 4. The predicted octanol–water partition coefficient (Wildman–Crippen LogP) is 1.29. The van der Waals surface area contributed by atoms with Crippen LogP contribution < -0.4 is 0 Å². The molecule has 3 aliphatic heterocycles. The van der Waals surface area contributed by atoms with Crippen molar-refractivity contribution in [2.24, 2.45) is 0 Å². The van der Waals surface area contributed by atoms with Gasteiger partial charge in [0.05, 0.1) is 38.4 Å². The van der Waals surface area contributed by atoms with E-state index in [1.165, 1.54) is 33.0 Å². The highest BCUT2D eigenvalue weighted by Gasteiger charge is 2.59. The first kappa shape index (κ1) is 28.4. The van der Waals surface area contributed by atoms with E-state index in [1.807, 2.05) is 0 Å². The first-order chi connectivity index (χ1) is 19.4. The van der Waals surface area contributed by atoms with Crippen LogP contribution in [0.1, 0.15) is 40.5 Å². The summed E-state index contributed by atoms with van der Waals surface area (Å²) in [6.45, 7) is 5.89. The maximum Gasteiger partial charge on any atom is 0.333 e. The zero-order valence-corrected chi connectivity index (χ0v) is 24.1. The lowest BCUT2D eigenvalue weighted by atomic mass is 9.69. The van der Waals surface area contributed by atoms with Gasteiger partial charge in [-0.3, -0.25) is 28.9 Å². The van der Waals surface area contributed by atoms with E-state index in [1.54, 1.807) is 31.9 Å². The number of piperazine rings is 1. The van der Waals surface area contributed by atoms with Gasteiger partial charge in [0.25, 0.3) is 0 Å². The molecule has 0 aromatic rings. The van der Waals surface area contributed by atoms with Gasteiger partial charge in [-0.2, -0.15) is 0 Å². The van der Waals surface area contributed by atoms with E-state index in [4.69, 9.17) is 14.2 Å². The van der Waals surface area contributed by atoms with E-state index in [2.05, 4.69) is 0 Å². The van der Waals surface area contributed by atoms with E-state index in [0.29, 0.717) is 5.57 Å². The van der Waals surface area contributed by atoms with E-state index in [-0.39, 0.29) is 76.1 Å². The molecule has 0 N–H and O–H groups in total. The largest absolute Gasteiger partial charge is 0.492 e. The summed E-state index contributed by atoms with van der Waals surface area (Å²) in [5.41, 5.74) is 1.37. The van der Waals surface area contributed by atoms with Gasteiger partial charge in [0, 0.05) is 45.4 Å². The van der Waals surface area contributed by atoms with Gasteiger partial charge in [0.2, 0.25) is 17.5 Å². The van der Waals surface area contributed by atoms with E-state index in [9.17, 15) is 28.8 Å². The average Bonchev–Trinajstić information content (AvgIpc) is 2.95. The fraction of sp³-hybridized carbons (Fsp3) is 0.467. The Morgan fingerprint density at radius 3 is 1.95 bits per heavy atom. The molecule has 1 amide bonds. The number of hydrogen-bond donors (Lipinski definition) is 0. The van der Waals surface area contributed by atoms with Crippen LogP contribution in [0.3, 0.4) is 0 Å². The number of hydrogen-bond acceptors (Lipinski definition) is 10. The summed E-state index contributed by atoms with van der Waals surface area (Å²) in [7, 11) is 4.32. The molecule has 0 radical (unpaired) electrons. The first-order valence-electron chi connectivity index (χ1n) is 13.4. The predicted molar refractivity (Wildman–Crippen MR) is 143 cm³/mol. The average molecular weight is 565 g/mol. The van der Waals surface area contributed by atoms with Gasteiger partial charge in [-0.1, -0.05) is 6.08 Å². The second-order valence-electron chi connectivity index (χ2n) is 10.9. The summed E-state index contributed by atoms with van der Waals surface area (Å²) in [5, 5.41) is 0. The van der Waals surface area contributed by atoms with Crippen molar-refractivity contribution < 1.29 is 43.0 Å². The fourth-order valence-electron chi connectivity index (χ4n) is 6.77. The number of carbonyl (C=O) groups is 6. The van der Waals surface area contributed by atoms with Gasteiger partial charge in [-0.25, -0.2) is 4.79 Å². The van der Waals surface area contributed by atoms with Crippen LogP contribution in [0.25, 0.3) is 0 Å². The van der Waals surface area contributed by atoms with Crippen molar-refractivity contribution >= 4 is 35.0 Å². The Morgan fingerprint density at radius 1 is 0.878 bits per heavy atom. The third kappa shape index (κ3) is 3.89. The maximum absolute atomic E-state index is 14.2. The number of carbonyl (C=O) groups excluding carboxylic acids is 6. The molecule has 1 saturated heterocycles. The van der Waals surface area contributed by atoms with Crippen LogP contribution in [0.15, 0.2) is 56.6 Å². The number of methoxy groups -OCH3 is 2. The van der Waals surface area contributed by atoms with Crippen molar-refractivity contribution in [2.75, 3.05) is 27.9 Å². The van der Waals surface area contributed by atoms with Gasteiger partial charge in [-0.05, 0) is 41.2 Å². The highest BCUT2D eigenvalue weighted by atomic mass is 16.5. The molecule has 1 fully saturated rings. The molecule has 2 aliphatic carbocycles. The standard InChI is InChI=1S/C30H32N2O9/c1-8-12(2)30(38)41-11-19-20-15(23(33)13(3)27(39-6)25(20)35)9-17-22-21-16(10-18(31(22)5)29(37)32(17)19)24(34)14(4)28(40-7)26(21)36/h8,17-19,22H,9-11H2,1-7H3/b12-8-/t17-,18+,19+,22+/m1/s1. The Hall–Kier alpha value is -4.12. The Labute approximate surface area is 237 Å². The molecule has 0 unspecified atom stereocenters. The Balaban J connectivity index is 1.68. The third-order valence-electron chi connectivity index (χ3n) is 8.97. The van der Waals surface area contributed by atoms with Crippen LogP contribution in [-0.2, 0) is 43.0 Å². The van der Waals surface area contributed by atoms with Crippen LogP contribution >= 0.6 is 0 Å². The number of amides is 1. The van der Waals surface area contributed by atoms with E-state index in [0.717, 1.165) is 0 Å². The molecule has 4 atom stereocenters. The molecule has 216 valence electrons. The Kier molecular flexibility index (Phi) is 6.97. The van der Waals surface area contributed by atoms with Crippen molar-refractivity contribution in [3.05, 3.63) is 56.6 Å². The topological polar surface area (TPSA) is 137 Å². The van der Waals surface area contributed by atoms with Crippen LogP contribution in [0.2, 0.25) is 0 Å². The lowest BCUT2D eigenvalue weighted by molar-refractivity contribution is -0.159. The molecule has 11 nitrogen and oxygen atoms in total. The van der Waals surface area contributed by atoms with Gasteiger partial charge in [0.1, 0.15) is 6.61 Å². The SMILES string of the molecule is C/C=C(/C)C(=O)OC[C@H]1C2=C(C[C@@H]3[C@H]4C5=C(C[C@@H](C(=O)N31)N4C)C(=O)C(C)=C(OC)C5=O)C(=O)C(C)=C(OC)C2=O. The Bertz CT molecular complexity index is 1500. The second-order valence-corrected chi connectivity index (χ2v) is 10.9. The summed E-state index contributed by atoms with van der Waals surface area (Å²) >= 11 is 0. The molecule has 11 heteroatoms. The number of fused-ring (bicyclic) bond motifs is 5. The molecule has 0 aromatic heterocycles. The van der Waals surface area contributed by atoms with Gasteiger partial charge in [0.15, 0.2) is 23.1 Å². The Morgan fingerprint density at radius 2 is 1.41 bits per heavy atom. The molecule has 41 heavy (non-hydrogen) atoms. The van der Waals surface area contributed by atoms with Gasteiger partial charge in [-0.15, -0.1) is 0 Å². The summed E-state index contributed by atoms with van der Waals surface area (Å²) < 4.78 is 16.2. The first-order valence-corrected chi connectivity index (χ1v) is 13.4. The molecular weight excluding hydrogens is 532 g/mol. The minimum atomic E-state index is -1.10. The number of rotatable bonds is 5. The van der Waals surface area contributed by atoms with Crippen LogP contribution in [0.4, 0.5) is 0 Å². The number of nitrogens with zero attached hydrogens (tertiary/aromatic N) is 2. The van der Waals surface area contributed by atoms with Crippen LogP contribution in [0, 0.1) is 0 Å². The molecule has 0 spiro atoms. The molecule has 5 aliphatic rings. The molecule has 5 rings (SSSR count). The van der Waals surface area contributed by atoms with Crippen molar-refractivity contribution in [3.63, 3.8) is 0 Å². The minimum Gasteiger partial charge on any atom is -0.492 e. The van der Waals surface area contributed by atoms with E-state index >= 15 is 0 Å². The lowest BCUT2D eigenvalue weighted by Crippen LogP contribution is -2.73. The summed E-state index contributed by atoms with van der Waals surface area (Å²) in [5.74, 6) is -2.97. The van der Waals surface area contributed by atoms with Crippen molar-refractivity contribution in [3.8, 4) is 0 Å². The fourth-order valence-corrected chi connectivity index (χ4v) is 6.77. The van der Waals surface area contributed by atoms with Crippen LogP contribution in [-0.4, -0.2) is 96.9 Å². The number of likely N-dealkylation sites (N-methyl/N-ethyl adjacent to an activating group) is 1. The normalized spacial score (nSPS) is 28.7. The monoisotopic (exact) mass is 564 g/mol. The van der Waals surface area contributed by atoms with Gasteiger partial charge >= 0.3 is 5.97 Å². The lowest BCUT2D eigenvalue weighted by Gasteiger charge is -2.57. The number of allylic oxidation sites excluding steroid dienone is 5. The number of ether oxygens (including phenoxy) is 3. The maximum atomic E-state index is 14.2. The molecule has 0 aromatic carbocycles. The molecule has 2 bridgehead atoms. The summed E-state index contributed by atoms with van der Waals surface area (Å²) in [4.78, 5) is 84.5. The quantitative estimate of drug-likeness (QED) is 0.273. The minimum absolute atomic E-state index is 0.00536. The highest BCUT2D eigenvalue weighted by Crippen LogP contribution is 2.47. The third-order valence-corrected chi connectivity index (χ3v) is 8.97. The van der Waals surface area contributed by atoms with Crippen LogP contribution in [0.5, 0.6) is 0 Å². The summed E-state index contributed by atoms with van der Waals surface area (Å²) in [6, 6.07) is -3.48. The number of ketones is 4. The van der Waals surface area contributed by atoms with E-state index < -0.39 is 47.5 Å². The molecule has 0 saturated carbocycles.